The molecule has 1 aliphatic rings. The zero-order valence-electron chi connectivity index (χ0n) is 20.3. The van der Waals surface area contributed by atoms with Crippen molar-refractivity contribution in [1.82, 2.24) is 14.9 Å². The summed E-state index contributed by atoms with van der Waals surface area (Å²) in [5.41, 5.74) is 0.568. The van der Waals surface area contributed by atoms with Crippen molar-refractivity contribution in [2.75, 3.05) is 20.1 Å². The molecule has 11 heteroatoms. The molecule has 0 atom stereocenters. The van der Waals surface area contributed by atoms with Gasteiger partial charge in [-0.15, -0.1) is 11.3 Å². The number of piperidine rings is 1. The van der Waals surface area contributed by atoms with E-state index in [-0.39, 0.29) is 22.7 Å². The van der Waals surface area contributed by atoms with E-state index in [0.717, 1.165) is 43.1 Å². The van der Waals surface area contributed by atoms with Crippen LogP contribution < -0.4 is 0 Å². The predicted octanol–water partition coefficient (Wildman–Crippen LogP) is 6.21. The third kappa shape index (κ3) is 5.36. The highest BCUT2D eigenvalue weighted by Gasteiger charge is 2.28. The van der Waals surface area contributed by atoms with Crippen LogP contribution in [0.5, 0.6) is 0 Å². The Hall–Kier alpha value is -3.15. The van der Waals surface area contributed by atoms with Crippen LogP contribution in [0.25, 0.3) is 21.7 Å². The van der Waals surface area contributed by atoms with Gasteiger partial charge in [0.05, 0.1) is 21.3 Å². The topological polar surface area (TPSA) is 63.2 Å². The molecule has 2 aromatic carbocycles. The van der Waals surface area contributed by atoms with Crippen LogP contribution in [0.4, 0.5) is 17.6 Å². The Morgan fingerprint density at radius 3 is 2.53 bits per heavy atom. The number of aromatic nitrogens is 2. The minimum atomic E-state index is -4.41. The molecule has 5 nitrogen and oxygen atoms in total. The number of rotatable bonds is 6. The number of hydrogen-bond acceptors (Lipinski definition) is 6. The number of thiazole rings is 1. The first-order chi connectivity index (χ1) is 18.1. The summed E-state index contributed by atoms with van der Waals surface area (Å²) in [7, 11) is -2.37. The van der Waals surface area contributed by atoms with Crippen molar-refractivity contribution in [2.24, 2.45) is 0 Å². The highest BCUT2D eigenvalue weighted by atomic mass is 32.2. The number of halogens is 4. The van der Waals surface area contributed by atoms with E-state index < -0.39 is 43.9 Å². The minimum absolute atomic E-state index is 0.0417. The van der Waals surface area contributed by atoms with E-state index in [1.807, 2.05) is 7.05 Å². The lowest BCUT2D eigenvalue weighted by Crippen LogP contribution is -2.29. The van der Waals surface area contributed by atoms with Crippen molar-refractivity contribution in [2.45, 2.75) is 29.4 Å². The highest BCUT2D eigenvalue weighted by molar-refractivity contribution is 7.90. The summed E-state index contributed by atoms with van der Waals surface area (Å²) in [5, 5.41) is 0.791. The third-order valence-electron chi connectivity index (χ3n) is 6.61. The SMILES string of the molecule is CN1CCC(c2nc(-c3cccc(CS(=O)(=O)c4cc(F)ccc4F)c3F)c(-c3ccnc(F)c3)s2)CC1. The zero-order chi connectivity index (χ0) is 27.0. The molecule has 0 unspecified atom stereocenters. The lowest BCUT2D eigenvalue weighted by Gasteiger charge is -2.27. The molecule has 4 aromatic rings. The summed E-state index contributed by atoms with van der Waals surface area (Å²) < 4.78 is 83.6. The summed E-state index contributed by atoms with van der Waals surface area (Å²) in [4.78, 5) is 10.3. The van der Waals surface area contributed by atoms with Crippen LogP contribution in [0, 0.1) is 23.4 Å². The monoisotopic (exact) mass is 561 g/mol. The Bertz CT molecular complexity index is 1600. The Labute approximate surface area is 221 Å². The van der Waals surface area contributed by atoms with Gasteiger partial charge in [-0.05, 0) is 68.9 Å². The number of hydrogen-bond donors (Lipinski definition) is 0. The highest BCUT2D eigenvalue weighted by Crippen LogP contribution is 2.42. The quantitative estimate of drug-likeness (QED) is 0.207. The maximum atomic E-state index is 15.9. The van der Waals surface area contributed by atoms with Gasteiger partial charge in [0, 0.05) is 29.3 Å². The number of benzene rings is 2. The van der Waals surface area contributed by atoms with E-state index in [9.17, 15) is 21.6 Å². The summed E-state index contributed by atoms with van der Waals surface area (Å²) >= 11 is 1.35. The van der Waals surface area contributed by atoms with E-state index in [2.05, 4.69) is 9.88 Å². The molecule has 1 aliphatic heterocycles. The average Bonchev–Trinajstić information content (AvgIpc) is 3.32. The van der Waals surface area contributed by atoms with Crippen molar-refractivity contribution in [3.63, 3.8) is 0 Å². The molecule has 0 radical (unpaired) electrons. The second kappa shape index (κ2) is 10.5. The van der Waals surface area contributed by atoms with Gasteiger partial charge in [0.2, 0.25) is 5.95 Å². The summed E-state index contributed by atoms with van der Waals surface area (Å²) in [6, 6.07) is 9.20. The molecule has 0 aliphatic carbocycles. The molecule has 38 heavy (non-hydrogen) atoms. The van der Waals surface area contributed by atoms with Gasteiger partial charge in [-0.3, -0.25) is 0 Å². The lowest BCUT2D eigenvalue weighted by atomic mass is 9.98. The molecule has 198 valence electrons. The maximum Gasteiger partial charge on any atom is 0.213 e. The number of nitrogens with zero attached hydrogens (tertiary/aromatic N) is 3. The average molecular weight is 562 g/mol. The van der Waals surface area contributed by atoms with E-state index in [1.54, 1.807) is 6.07 Å². The fraction of sp³-hybridized carbons (Fsp3) is 0.259. The Balaban J connectivity index is 1.58. The van der Waals surface area contributed by atoms with Crippen molar-refractivity contribution in [1.29, 1.82) is 0 Å². The predicted molar refractivity (Wildman–Crippen MR) is 137 cm³/mol. The molecular formula is C27H23F4N3O2S2. The molecule has 0 spiro atoms. The third-order valence-corrected chi connectivity index (χ3v) is 9.55. The minimum Gasteiger partial charge on any atom is -0.306 e. The molecule has 0 N–H and O–H groups in total. The normalized spacial score (nSPS) is 15.2. The summed E-state index contributed by atoms with van der Waals surface area (Å²) in [5.74, 6) is -4.30. The van der Waals surface area contributed by atoms with Crippen molar-refractivity contribution < 1.29 is 26.0 Å². The van der Waals surface area contributed by atoms with Gasteiger partial charge in [0.25, 0.3) is 0 Å². The van der Waals surface area contributed by atoms with Crippen molar-refractivity contribution in [3.05, 3.63) is 88.7 Å². The maximum absolute atomic E-state index is 15.9. The fourth-order valence-corrected chi connectivity index (χ4v) is 7.25. The van der Waals surface area contributed by atoms with Gasteiger partial charge in [0.1, 0.15) is 22.3 Å². The van der Waals surface area contributed by atoms with E-state index in [4.69, 9.17) is 4.98 Å². The molecule has 0 amide bonds. The van der Waals surface area contributed by atoms with Gasteiger partial charge in [-0.2, -0.15) is 4.39 Å². The standard InChI is InChI=1S/C27H23F4N3O2S2/c1-34-11-8-16(9-12-34)27-33-25(26(37-27)17-7-10-32-23(30)13-17)20-4-2-3-18(24(20)31)15-38(35,36)22-14-19(28)5-6-21(22)29/h2-7,10,13-14,16H,8-9,11-12,15H2,1H3. The number of pyridine rings is 1. The number of likely N-dealkylation sites (tertiary alicyclic amines) is 1. The number of sulfone groups is 1. The largest absolute Gasteiger partial charge is 0.306 e. The molecule has 1 fully saturated rings. The van der Waals surface area contributed by atoms with Crippen LogP contribution in [-0.4, -0.2) is 43.4 Å². The van der Waals surface area contributed by atoms with Crippen LogP contribution in [0.3, 0.4) is 0 Å². The van der Waals surface area contributed by atoms with Gasteiger partial charge in [-0.1, -0.05) is 12.1 Å². The second-order valence-electron chi connectivity index (χ2n) is 9.29. The first-order valence-electron chi connectivity index (χ1n) is 11.9. The van der Waals surface area contributed by atoms with Crippen molar-refractivity contribution >= 4 is 21.2 Å². The van der Waals surface area contributed by atoms with Crippen LogP contribution in [0.2, 0.25) is 0 Å². The van der Waals surface area contributed by atoms with Crippen molar-refractivity contribution in [3.8, 4) is 21.7 Å². The van der Waals surface area contributed by atoms with Crippen LogP contribution in [0.15, 0.2) is 59.6 Å². The lowest BCUT2D eigenvalue weighted by molar-refractivity contribution is 0.255. The smallest absolute Gasteiger partial charge is 0.213 e. The van der Waals surface area contributed by atoms with Gasteiger partial charge in [0.15, 0.2) is 9.84 Å². The van der Waals surface area contributed by atoms with Gasteiger partial charge >= 0.3 is 0 Å². The summed E-state index contributed by atoms with van der Waals surface area (Å²) in [6.45, 7) is 1.77. The van der Waals surface area contributed by atoms with E-state index in [1.165, 1.54) is 41.8 Å². The van der Waals surface area contributed by atoms with Crippen LogP contribution in [0.1, 0.15) is 29.3 Å². The fourth-order valence-electron chi connectivity index (χ4n) is 4.56. The molecule has 3 heterocycles. The molecule has 0 saturated carbocycles. The van der Waals surface area contributed by atoms with E-state index >= 15 is 4.39 Å². The zero-order valence-corrected chi connectivity index (χ0v) is 21.9. The molecular weight excluding hydrogens is 538 g/mol. The van der Waals surface area contributed by atoms with E-state index in [0.29, 0.717) is 16.5 Å². The molecule has 0 bridgehead atoms. The molecule has 5 rings (SSSR count). The van der Waals surface area contributed by atoms with Gasteiger partial charge in [-0.25, -0.2) is 31.6 Å². The molecule has 2 aromatic heterocycles. The van der Waals surface area contributed by atoms with Crippen LogP contribution in [-0.2, 0) is 15.6 Å². The Morgan fingerprint density at radius 2 is 1.79 bits per heavy atom. The Kier molecular flexibility index (Phi) is 7.34. The molecule has 1 saturated heterocycles. The first-order valence-corrected chi connectivity index (χ1v) is 14.4. The first kappa shape index (κ1) is 26.5. The Morgan fingerprint density at radius 1 is 1.03 bits per heavy atom. The van der Waals surface area contributed by atoms with Gasteiger partial charge < -0.3 is 4.90 Å². The summed E-state index contributed by atoms with van der Waals surface area (Å²) in [6.07, 6.45) is 3.05. The van der Waals surface area contributed by atoms with Crippen LogP contribution >= 0.6 is 11.3 Å². The second-order valence-corrected chi connectivity index (χ2v) is 12.3.